The molecule has 0 radical (unpaired) electrons. The van der Waals surface area contributed by atoms with E-state index < -0.39 is 0 Å². The maximum atomic E-state index is 13.1. The summed E-state index contributed by atoms with van der Waals surface area (Å²) in [5.41, 5.74) is 1.57. The van der Waals surface area contributed by atoms with E-state index in [2.05, 4.69) is 15.3 Å². The third-order valence-corrected chi connectivity index (χ3v) is 2.89. The zero-order chi connectivity index (χ0) is 14.1. The van der Waals surface area contributed by atoms with Gasteiger partial charge in [-0.3, -0.25) is 4.79 Å². The molecule has 0 aliphatic carbocycles. The molecule has 0 aliphatic heterocycles. The molecule has 0 saturated heterocycles. The van der Waals surface area contributed by atoms with Gasteiger partial charge in [0.1, 0.15) is 23.0 Å². The number of pyridine rings is 2. The van der Waals surface area contributed by atoms with Gasteiger partial charge in [-0.15, -0.1) is 0 Å². The molecular formula is C14H11FN4O. The molecule has 20 heavy (non-hydrogen) atoms. The number of nitrogens with one attached hydrogen (secondary N) is 1. The number of hydrogen-bond acceptors (Lipinski definition) is 3. The number of imidazole rings is 1. The highest BCUT2D eigenvalue weighted by Gasteiger charge is 2.12. The van der Waals surface area contributed by atoms with Crippen LogP contribution < -0.4 is 5.32 Å². The zero-order valence-corrected chi connectivity index (χ0v) is 10.7. The van der Waals surface area contributed by atoms with Gasteiger partial charge in [0, 0.05) is 18.6 Å². The molecular weight excluding hydrogens is 259 g/mol. The molecule has 3 aromatic heterocycles. The zero-order valence-electron chi connectivity index (χ0n) is 10.7. The van der Waals surface area contributed by atoms with Crippen LogP contribution in [-0.2, 0) is 0 Å². The highest BCUT2D eigenvalue weighted by atomic mass is 19.1. The van der Waals surface area contributed by atoms with Crippen molar-refractivity contribution in [2.75, 3.05) is 5.32 Å². The Morgan fingerprint density at radius 2 is 2.15 bits per heavy atom. The number of carbonyl (C=O) groups excluding carboxylic acids is 1. The fraction of sp³-hybridized carbons (Fsp3) is 0.0714. The predicted molar refractivity (Wildman–Crippen MR) is 72.1 cm³/mol. The van der Waals surface area contributed by atoms with Gasteiger partial charge >= 0.3 is 0 Å². The molecule has 1 N–H and O–H groups in total. The molecule has 0 bridgehead atoms. The van der Waals surface area contributed by atoms with E-state index in [1.54, 1.807) is 12.3 Å². The molecule has 0 spiro atoms. The van der Waals surface area contributed by atoms with Gasteiger partial charge in [-0.2, -0.15) is 0 Å². The number of anilines is 1. The summed E-state index contributed by atoms with van der Waals surface area (Å²) in [6.07, 6.45) is 4.35. The molecule has 3 heterocycles. The molecule has 1 amide bonds. The lowest BCUT2D eigenvalue weighted by Gasteiger charge is -2.04. The lowest BCUT2D eigenvalue weighted by Crippen LogP contribution is -2.14. The summed E-state index contributed by atoms with van der Waals surface area (Å²) in [5, 5.41) is 2.68. The number of hydrogen-bond donors (Lipinski definition) is 1. The predicted octanol–water partition coefficient (Wildman–Crippen LogP) is 2.43. The van der Waals surface area contributed by atoms with Crippen LogP contribution in [0.3, 0.4) is 0 Å². The van der Waals surface area contributed by atoms with Crippen LogP contribution in [0, 0.1) is 12.7 Å². The molecule has 6 heteroatoms. The van der Waals surface area contributed by atoms with E-state index in [1.807, 2.05) is 13.0 Å². The van der Waals surface area contributed by atoms with Crippen molar-refractivity contribution in [2.45, 2.75) is 6.92 Å². The molecule has 0 saturated carbocycles. The van der Waals surface area contributed by atoms with Gasteiger partial charge < -0.3 is 9.72 Å². The Morgan fingerprint density at radius 3 is 2.95 bits per heavy atom. The average Bonchev–Trinajstić information content (AvgIpc) is 2.84. The first kappa shape index (κ1) is 12.3. The Hall–Kier alpha value is -2.76. The first-order chi connectivity index (χ1) is 9.63. The summed E-state index contributed by atoms with van der Waals surface area (Å²) in [4.78, 5) is 20.3. The minimum Gasteiger partial charge on any atom is -0.305 e. The Kier molecular flexibility index (Phi) is 2.90. The third kappa shape index (κ3) is 2.23. The van der Waals surface area contributed by atoms with Crippen LogP contribution in [0.2, 0.25) is 0 Å². The number of rotatable bonds is 2. The molecule has 0 unspecified atom stereocenters. The lowest BCUT2D eigenvalue weighted by molar-refractivity contribution is 0.102. The summed E-state index contributed by atoms with van der Waals surface area (Å²) in [6.45, 7) is 1.85. The number of halogens is 1. The smallest absolute Gasteiger partial charge is 0.277 e. The second kappa shape index (κ2) is 4.73. The SMILES string of the molecule is Cc1cccnc1NC(=O)c1cn2cc(F)ccc2n1. The van der Waals surface area contributed by atoms with Crippen molar-refractivity contribution in [1.82, 2.24) is 14.4 Å². The Bertz CT molecular complexity index is 797. The third-order valence-electron chi connectivity index (χ3n) is 2.89. The second-order valence-corrected chi connectivity index (χ2v) is 4.36. The number of fused-ring (bicyclic) bond motifs is 1. The summed E-state index contributed by atoms with van der Waals surface area (Å²) in [6, 6.07) is 6.45. The first-order valence-electron chi connectivity index (χ1n) is 6.01. The van der Waals surface area contributed by atoms with Crippen LogP contribution in [-0.4, -0.2) is 20.3 Å². The van der Waals surface area contributed by atoms with Crippen molar-refractivity contribution in [1.29, 1.82) is 0 Å². The Labute approximate surface area is 114 Å². The van der Waals surface area contributed by atoms with Crippen molar-refractivity contribution in [3.63, 3.8) is 0 Å². The van der Waals surface area contributed by atoms with Crippen molar-refractivity contribution in [3.05, 3.63) is 59.9 Å². The van der Waals surface area contributed by atoms with Gasteiger partial charge in [0.2, 0.25) is 0 Å². The lowest BCUT2D eigenvalue weighted by atomic mass is 10.3. The van der Waals surface area contributed by atoms with Crippen molar-refractivity contribution in [3.8, 4) is 0 Å². The summed E-state index contributed by atoms with van der Waals surface area (Å²) in [7, 11) is 0. The number of amides is 1. The highest BCUT2D eigenvalue weighted by molar-refractivity contribution is 6.03. The molecule has 3 rings (SSSR count). The quantitative estimate of drug-likeness (QED) is 0.778. The monoisotopic (exact) mass is 270 g/mol. The summed E-state index contributed by atoms with van der Waals surface area (Å²) < 4.78 is 14.6. The number of aryl methyl sites for hydroxylation is 1. The van der Waals surface area contributed by atoms with Crippen LogP contribution >= 0.6 is 0 Å². The summed E-state index contributed by atoms with van der Waals surface area (Å²) in [5.74, 6) is -0.279. The van der Waals surface area contributed by atoms with Crippen molar-refractivity contribution >= 4 is 17.4 Å². The molecule has 100 valence electrons. The van der Waals surface area contributed by atoms with E-state index in [1.165, 1.54) is 28.9 Å². The molecule has 0 aromatic carbocycles. The van der Waals surface area contributed by atoms with E-state index in [0.29, 0.717) is 11.5 Å². The maximum Gasteiger partial charge on any atom is 0.277 e. The molecule has 3 aromatic rings. The number of aromatic nitrogens is 3. The topological polar surface area (TPSA) is 59.3 Å². The summed E-state index contributed by atoms with van der Waals surface area (Å²) >= 11 is 0. The highest BCUT2D eigenvalue weighted by Crippen LogP contribution is 2.12. The van der Waals surface area contributed by atoms with Gasteiger partial charge in [0.25, 0.3) is 5.91 Å². The van der Waals surface area contributed by atoms with Crippen molar-refractivity contribution < 1.29 is 9.18 Å². The van der Waals surface area contributed by atoms with E-state index in [-0.39, 0.29) is 17.4 Å². The van der Waals surface area contributed by atoms with E-state index >= 15 is 0 Å². The van der Waals surface area contributed by atoms with Gasteiger partial charge in [0.15, 0.2) is 0 Å². The second-order valence-electron chi connectivity index (χ2n) is 4.36. The van der Waals surface area contributed by atoms with Crippen LogP contribution in [0.1, 0.15) is 16.1 Å². The number of carbonyl (C=O) groups is 1. The van der Waals surface area contributed by atoms with Crippen LogP contribution in [0.15, 0.2) is 42.9 Å². The van der Waals surface area contributed by atoms with Gasteiger partial charge in [-0.1, -0.05) is 6.07 Å². The normalized spacial score (nSPS) is 10.7. The Morgan fingerprint density at radius 1 is 1.30 bits per heavy atom. The minimum absolute atomic E-state index is 0.209. The molecule has 5 nitrogen and oxygen atoms in total. The van der Waals surface area contributed by atoms with Crippen molar-refractivity contribution in [2.24, 2.45) is 0 Å². The van der Waals surface area contributed by atoms with Crippen LogP contribution in [0.5, 0.6) is 0 Å². The largest absolute Gasteiger partial charge is 0.305 e. The Balaban J connectivity index is 1.91. The standard InChI is InChI=1S/C14H11FN4O/c1-9-3-2-6-16-13(9)18-14(20)11-8-19-7-10(15)4-5-12(19)17-11/h2-8H,1H3,(H,16,18,20). The van der Waals surface area contributed by atoms with Gasteiger partial charge in [-0.05, 0) is 30.7 Å². The molecule has 0 fully saturated rings. The average molecular weight is 270 g/mol. The fourth-order valence-electron chi connectivity index (χ4n) is 1.86. The minimum atomic E-state index is -0.387. The fourth-order valence-corrected chi connectivity index (χ4v) is 1.86. The molecule has 0 aliphatic rings. The van der Waals surface area contributed by atoms with Gasteiger partial charge in [0.05, 0.1) is 0 Å². The number of nitrogens with zero attached hydrogens (tertiary/aromatic N) is 3. The van der Waals surface area contributed by atoms with E-state index in [0.717, 1.165) is 5.56 Å². The van der Waals surface area contributed by atoms with Gasteiger partial charge in [-0.25, -0.2) is 14.4 Å². The first-order valence-corrected chi connectivity index (χ1v) is 6.01. The maximum absolute atomic E-state index is 13.1. The molecule has 0 atom stereocenters. The van der Waals surface area contributed by atoms with E-state index in [4.69, 9.17) is 0 Å². The van der Waals surface area contributed by atoms with Crippen LogP contribution in [0.25, 0.3) is 5.65 Å². The van der Waals surface area contributed by atoms with Crippen LogP contribution in [0.4, 0.5) is 10.2 Å². The van der Waals surface area contributed by atoms with E-state index in [9.17, 15) is 9.18 Å².